The Kier molecular flexibility index (Phi) is 4.15. The molecule has 8 rings (SSSR count). The standard InChI is InChI=1S/C30H17N5OS/c36-28-27-26(35-23-16-8-9-17-24(23)37-30(35)33-28)20-13-5-7-15-22(20)34(27)29-31-21-14-6-4-12-19(21)25(32-29)18-10-2-1-3-11-18/h1-17H. The molecule has 0 N–H and O–H groups in total. The Morgan fingerprint density at radius 2 is 1.32 bits per heavy atom. The van der Waals surface area contributed by atoms with E-state index in [1.165, 1.54) is 11.3 Å². The number of hydrogen-bond donors (Lipinski definition) is 0. The van der Waals surface area contributed by atoms with Crippen LogP contribution in [0.15, 0.2) is 108 Å². The zero-order valence-corrected chi connectivity index (χ0v) is 20.2. The summed E-state index contributed by atoms with van der Waals surface area (Å²) >= 11 is 1.52. The van der Waals surface area contributed by atoms with Gasteiger partial charge in [-0.2, -0.15) is 4.98 Å². The molecule has 0 radical (unpaired) electrons. The molecule has 8 aromatic rings. The Morgan fingerprint density at radius 1 is 0.622 bits per heavy atom. The van der Waals surface area contributed by atoms with Crippen LogP contribution in [0, 0.1) is 0 Å². The molecular weight excluding hydrogens is 478 g/mol. The smallest absolute Gasteiger partial charge is 0.282 e. The first kappa shape index (κ1) is 20.3. The highest BCUT2D eigenvalue weighted by Crippen LogP contribution is 2.35. The molecule has 6 nitrogen and oxygen atoms in total. The molecule has 0 aliphatic carbocycles. The summed E-state index contributed by atoms with van der Waals surface area (Å²) in [5, 5.41) is 1.91. The average molecular weight is 496 g/mol. The summed E-state index contributed by atoms with van der Waals surface area (Å²) in [6, 6.07) is 34.2. The molecule has 0 saturated carbocycles. The molecule has 0 saturated heterocycles. The van der Waals surface area contributed by atoms with E-state index in [1.807, 2.05) is 95.6 Å². The Morgan fingerprint density at radius 3 is 2.19 bits per heavy atom. The lowest BCUT2D eigenvalue weighted by Crippen LogP contribution is -2.14. The van der Waals surface area contributed by atoms with Gasteiger partial charge in [-0.3, -0.25) is 13.8 Å². The van der Waals surface area contributed by atoms with Gasteiger partial charge < -0.3 is 0 Å². The predicted octanol–water partition coefficient (Wildman–Crippen LogP) is 6.62. The van der Waals surface area contributed by atoms with Crippen LogP contribution in [0.1, 0.15) is 0 Å². The van der Waals surface area contributed by atoms with E-state index >= 15 is 0 Å². The topological polar surface area (TPSA) is 65.1 Å². The molecule has 0 spiro atoms. The average Bonchev–Trinajstić information content (AvgIpc) is 3.49. The van der Waals surface area contributed by atoms with Crippen molar-refractivity contribution in [2.24, 2.45) is 0 Å². The second-order valence-electron chi connectivity index (χ2n) is 8.91. The van der Waals surface area contributed by atoms with E-state index in [-0.39, 0.29) is 5.56 Å². The minimum Gasteiger partial charge on any atom is -0.282 e. The van der Waals surface area contributed by atoms with Gasteiger partial charge in [0.25, 0.3) is 5.56 Å². The molecule has 0 aliphatic rings. The molecule has 0 aliphatic heterocycles. The Labute approximate surface area is 213 Å². The molecule has 4 heterocycles. The fraction of sp³-hybridized carbons (Fsp3) is 0. The quantitative estimate of drug-likeness (QED) is 0.270. The van der Waals surface area contributed by atoms with Gasteiger partial charge >= 0.3 is 0 Å². The number of fused-ring (bicyclic) bond motifs is 8. The van der Waals surface area contributed by atoms with Crippen molar-refractivity contribution >= 4 is 59.4 Å². The van der Waals surface area contributed by atoms with Crippen molar-refractivity contribution in [3.05, 3.63) is 113 Å². The van der Waals surface area contributed by atoms with Gasteiger partial charge in [0.15, 0.2) is 4.96 Å². The molecule has 4 aromatic carbocycles. The number of nitrogens with zero attached hydrogens (tertiary/aromatic N) is 5. The Bertz CT molecular complexity index is 2230. The van der Waals surface area contributed by atoms with Crippen LogP contribution >= 0.6 is 11.3 Å². The van der Waals surface area contributed by atoms with Crippen LogP contribution in [0.25, 0.3) is 65.2 Å². The highest BCUT2D eigenvalue weighted by Gasteiger charge is 2.23. The largest absolute Gasteiger partial charge is 0.298 e. The number of aromatic nitrogens is 5. The summed E-state index contributed by atoms with van der Waals surface area (Å²) in [7, 11) is 0. The maximum absolute atomic E-state index is 13.7. The monoisotopic (exact) mass is 495 g/mol. The van der Waals surface area contributed by atoms with E-state index in [2.05, 4.69) is 21.5 Å². The van der Waals surface area contributed by atoms with Gasteiger partial charge in [-0.25, -0.2) is 9.97 Å². The van der Waals surface area contributed by atoms with E-state index in [4.69, 9.17) is 9.97 Å². The lowest BCUT2D eigenvalue weighted by molar-refractivity contribution is 1.00. The van der Waals surface area contributed by atoms with E-state index in [9.17, 15) is 4.79 Å². The first-order valence-electron chi connectivity index (χ1n) is 11.9. The second-order valence-corrected chi connectivity index (χ2v) is 9.92. The molecular formula is C30H17N5OS. The van der Waals surface area contributed by atoms with Crippen LogP contribution in [-0.4, -0.2) is 23.9 Å². The Hall–Kier alpha value is -4.88. The maximum Gasteiger partial charge on any atom is 0.298 e. The van der Waals surface area contributed by atoms with Crippen LogP contribution in [0.5, 0.6) is 0 Å². The minimum absolute atomic E-state index is 0.296. The number of para-hydroxylation sites is 3. The van der Waals surface area contributed by atoms with Crippen molar-refractivity contribution < 1.29 is 0 Å². The lowest BCUT2D eigenvalue weighted by atomic mass is 10.1. The van der Waals surface area contributed by atoms with Gasteiger partial charge in [0.05, 0.1) is 32.5 Å². The molecule has 0 atom stereocenters. The fourth-order valence-electron chi connectivity index (χ4n) is 5.24. The zero-order chi connectivity index (χ0) is 24.5. The molecule has 37 heavy (non-hydrogen) atoms. The zero-order valence-electron chi connectivity index (χ0n) is 19.4. The summed E-state index contributed by atoms with van der Waals surface area (Å²) in [6.45, 7) is 0. The third-order valence-corrected chi connectivity index (χ3v) is 7.83. The summed E-state index contributed by atoms with van der Waals surface area (Å²) < 4.78 is 5.04. The van der Waals surface area contributed by atoms with Crippen molar-refractivity contribution in [1.29, 1.82) is 0 Å². The lowest BCUT2D eigenvalue weighted by Gasteiger charge is -2.11. The van der Waals surface area contributed by atoms with Gasteiger partial charge in [0.2, 0.25) is 5.95 Å². The predicted molar refractivity (Wildman–Crippen MR) is 150 cm³/mol. The number of hydrogen-bond acceptors (Lipinski definition) is 5. The maximum atomic E-state index is 13.7. The highest BCUT2D eigenvalue weighted by molar-refractivity contribution is 7.23. The second kappa shape index (κ2) is 7.56. The van der Waals surface area contributed by atoms with E-state index in [0.29, 0.717) is 16.4 Å². The van der Waals surface area contributed by atoms with Crippen molar-refractivity contribution in [3.8, 4) is 17.2 Å². The first-order chi connectivity index (χ1) is 18.3. The van der Waals surface area contributed by atoms with Gasteiger partial charge in [-0.1, -0.05) is 90.2 Å². The van der Waals surface area contributed by atoms with Gasteiger partial charge in [0, 0.05) is 16.3 Å². The van der Waals surface area contributed by atoms with Crippen LogP contribution in [0.4, 0.5) is 0 Å². The van der Waals surface area contributed by atoms with Crippen LogP contribution in [-0.2, 0) is 0 Å². The SMILES string of the molecule is O=c1nc2sc3ccccc3n2c2c3ccccc3n(-c3nc(-c4ccccc4)c4ccccc4n3)c12. The van der Waals surface area contributed by atoms with E-state index < -0.39 is 0 Å². The summed E-state index contributed by atoms with van der Waals surface area (Å²) in [4.78, 5) is 28.9. The van der Waals surface area contributed by atoms with Gasteiger partial charge in [0.1, 0.15) is 5.52 Å². The van der Waals surface area contributed by atoms with Crippen molar-refractivity contribution in [3.63, 3.8) is 0 Å². The normalized spacial score (nSPS) is 11.9. The van der Waals surface area contributed by atoms with E-state index in [1.54, 1.807) is 0 Å². The summed E-state index contributed by atoms with van der Waals surface area (Å²) in [6.07, 6.45) is 0. The summed E-state index contributed by atoms with van der Waals surface area (Å²) in [5.74, 6) is 0.446. The van der Waals surface area contributed by atoms with Crippen molar-refractivity contribution in [2.45, 2.75) is 0 Å². The fourth-order valence-corrected chi connectivity index (χ4v) is 6.25. The summed E-state index contributed by atoms with van der Waals surface area (Å²) in [5.41, 5.74) is 5.50. The molecule has 174 valence electrons. The van der Waals surface area contributed by atoms with Crippen LogP contribution < -0.4 is 5.56 Å². The van der Waals surface area contributed by atoms with Crippen molar-refractivity contribution in [1.82, 2.24) is 23.9 Å². The van der Waals surface area contributed by atoms with Crippen LogP contribution in [0.2, 0.25) is 0 Å². The minimum atomic E-state index is -0.296. The third kappa shape index (κ3) is 2.86. The van der Waals surface area contributed by atoms with Crippen LogP contribution in [0.3, 0.4) is 0 Å². The van der Waals surface area contributed by atoms with Gasteiger partial charge in [-0.05, 0) is 24.3 Å². The molecule has 0 amide bonds. The first-order valence-corrected chi connectivity index (χ1v) is 12.8. The number of rotatable bonds is 2. The molecule has 0 bridgehead atoms. The number of benzene rings is 4. The van der Waals surface area contributed by atoms with Crippen molar-refractivity contribution in [2.75, 3.05) is 0 Å². The molecule has 0 unspecified atom stereocenters. The number of thiazole rings is 1. The third-order valence-electron chi connectivity index (χ3n) is 6.81. The Balaban J connectivity index is 1.58. The molecule has 4 aromatic heterocycles. The van der Waals surface area contributed by atoms with E-state index in [0.717, 1.165) is 48.8 Å². The molecule has 0 fully saturated rings. The van der Waals surface area contributed by atoms with Gasteiger partial charge in [-0.15, -0.1) is 0 Å². The molecule has 7 heteroatoms. The highest BCUT2D eigenvalue weighted by atomic mass is 32.1.